The number of aryl methyl sites for hydroxylation is 1. The maximum Gasteiger partial charge on any atom is 0.416 e. The van der Waals surface area contributed by atoms with E-state index >= 15 is 0 Å². The van der Waals surface area contributed by atoms with Crippen molar-refractivity contribution in [2.24, 2.45) is 7.05 Å². The zero-order chi connectivity index (χ0) is 18.2. The Morgan fingerprint density at radius 3 is 2.76 bits per heavy atom. The van der Waals surface area contributed by atoms with E-state index < -0.39 is 17.3 Å². The van der Waals surface area contributed by atoms with Gasteiger partial charge in [-0.05, 0) is 37.0 Å². The Morgan fingerprint density at radius 2 is 2.04 bits per heavy atom. The third kappa shape index (κ3) is 3.51. The Morgan fingerprint density at radius 1 is 1.28 bits per heavy atom. The Labute approximate surface area is 147 Å². The van der Waals surface area contributed by atoms with Crippen LogP contribution in [0, 0.1) is 0 Å². The standard InChI is InChI=1S/C17H17ClF3N3O/c1-23-16(25)15(18)14(10-22-23)24-8-3-2-7-13(24)11-5-4-6-12(9-11)17(19,20)21/h4-6,9-10,13H,2-3,7-8H2,1H3. The van der Waals surface area contributed by atoms with Crippen LogP contribution in [0.25, 0.3) is 0 Å². The molecule has 1 aromatic heterocycles. The first-order valence-corrected chi connectivity index (χ1v) is 8.32. The molecule has 8 heteroatoms. The maximum absolute atomic E-state index is 13.0. The van der Waals surface area contributed by atoms with E-state index in [0.29, 0.717) is 24.2 Å². The van der Waals surface area contributed by atoms with Crippen LogP contribution in [0.5, 0.6) is 0 Å². The quantitative estimate of drug-likeness (QED) is 0.794. The molecular formula is C17H17ClF3N3O. The molecule has 0 aliphatic carbocycles. The molecule has 0 radical (unpaired) electrons. The molecule has 0 spiro atoms. The van der Waals surface area contributed by atoms with E-state index in [9.17, 15) is 18.0 Å². The lowest BCUT2D eigenvalue weighted by molar-refractivity contribution is -0.137. The van der Waals surface area contributed by atoms with Gasteiger partial charge in [-0.2, -0.15) is 18.3 Å². The van der Waals surface area contributed by atoms with Gasteiger partial charge < -0.3 is 4.90 Å². The molecule has 1 aliphatic heterocycles. The summed E-state index contributed by atoms with van der Waals surface area (Å²) in [7, 11) is 1.50. The number of anilines is 1. The predicted octanol–water partition coefficient (Wildman–Crippen LogP) is 4.18. The normalized spacial score (nSPS) is 18.4. The molecule has 0 amide bonds. The van der Waals surface area contributed by atoms with E-state index in [1.165, 1.54) is 25.4 Å². The summed E-state index contributed by atoms with van der Waals surface area (Å²) in [4.78, 5) is 13.9. The van der Waals surface area contributed by atoms with Crippen LogP contribution in [-0.4, -0.2) is 16.3 Å². The van der Waals surface area contributed by atoms with Gasteiger partial charge in [-0.1, -0.05) is 23.7 Å². The van der Waals surface area contributed by atoms with Crippen molar-refractivity contribution in [3.8, 4) is 0 Å². The summed E-state index contributed by atoms with van der Waals surface area (Å²) in [6.45, 7) is 0.607. The van der Waals surface area contributed by atoms with Crippen molar-refractivity contribution in [3.05, 3.63) is 57.0 Å². The Hall–Kier alpha value is -2.02. The largest absolute Gasteiger partial charge is 0.416 e. The zero-order valence-corrected chi connectivity index (χ0v) is 14.3. The maximum atomic E-state index is 13.0. The van der Waals surface area contributed by atoms with E-state index in [-0.39, 0.29) is 11.1 Å². The minimum absolute atomic E-state index is 0.0383. The van der Waals surface area contributed by atoms with E-state index in [1.807, 2.05) is 4.90 Å². The third-order valence-electron chi connectivity index (χ3n) is 4.47. The molecule has 4 nitrogen and oxygen atoms in total. The van der Waals surface area contributed by atoms with Gasteiger partial charge in [0.1, 0.15) is 5.02 Å². The van der Waals surface area contributed by atoms with Gasteiger partial charge in [-0.3, -0.25) is 4.79 Å². The lowest BCUT2D eigenvalue weighted by Gasteiger charge is -2.38. The number of nitrogens with zero attached hydrogens (tertiary/aromatic N) is 3. The minimum Gasteiger partial charge on any atom is -0.362 e. The summed E-state index contributed by atoms with van der Waals surface area (Å²) in [5.41, 5.74) is -0.0746. The number of benzene rings is 1. The van der Waals surface area contributed by atoms with Crippen LogP contribution < -0.4 is 10.5 Å². The molecule has 25 heavy (non-hydrogen) atoms. The van der Waals surface area contributed by atoms with Crippen LogP contribution >= 0.6 is 11.6 Å². The fourth-order valence-electron chi connectivity index (χ4n) is 3.19. The molecule has 1 atom stereocenters. The molecule has 1 unspecified atom stereocenters. The van der Waals surface area contributed by atoms with E-state index in [0.717, 1.165) is 23.6 Å². The SMILES string of the molecule is Cn1ncc(N2CCCCC2c2cccc(C(F)(F)F)c2)c(Cl)c1=O. The molecule has 3 rings (SSSR count). The molecule has 2 heterocycles. The van der Waals surface area contributed by atoms with E-state index in [1.54, 1.807) is 6.07 Å². The molecule has 2 aromatic rings. The predicted molar refractivity (Wildman–Crippen MR) is 89.9 cm³/mol. The van der Waals surface area contributed by atoms with Gasteiger partial charge in [0.15, 0.2) is 0 Å². The smallest absolute Gasteiger partial charge is 0.362 e. The van der Waals surface area contributed by atoms with Crippen LogP contribution in [0.3, 0.4) is 0 Å². The molecule has 0 saturated carbocycles. The summed E-state index contributed by atoms with van der Waals surface area (Å²) in [5.74, 6) is 0. The zero-order valence-electron chi connectivity index (χ0n) is 13.6. The van der Waals surface area contributed by atoms with Crippen molar-refractivity contribution in [1.82, 2.24) is 9.78 Å². The van der Waals surface area contributed by atoms with Crippen LogP contribution in [-0.2, 0) is 13.2 Å². The molecule has 0 N–H and O–H groups in total. The van der Waals surface area contributed by atoms with Gasteiger partial charge in [-0.25, -0.2) is 4.68 Å². The van der Waals surface area contributed by atoms with Crippen molar-refractivity contribution in [2.45, 2.75) is 31.5 Å². The molecular weight excluding hydrogens is 355 g/mol. The highest BCUT2D eigenvalue weighted by molar-refractivity contribution is 6.33. The minimum atomic E-state index is -4.39. The molecule has 134 valence electrons. The number of rotatable bonds is 2. The lowest BCUT2D eigenvalue weighted by atomic mass is 9.93. The molecule has 1 saturated heterocycles. The van der Waals surface area contributed by atoms with Crippen LogP contribution in [0.1, 0.15) is 36.4 Å². The van der Waals surface area contributed by atoms with Gasteiger partial charge in [0.25, 0.3) is 5.56 Å². The number of hydrogen-bond donors (Lipinski definition) is 0. The highest BCUT2D eigenvalue weighted by Gasteiger charge is 2.33. The first-order chi connectivity index (χ1) is 11.8. The fourth-order valence-corrected chi connectivity index (χ4v) is 3.47. The fraction of sp³-hybridized carbons (Fsp3) is 0.412. The third-order valence-corrected chi connectivity index (χ3v) is 4.83. The monoisotopic (exact) mass is 371 g/mol. The second-order valence-corrected chi connectivity index (χ2v) is 6.48. The number of halogens is 4. The average Bonchev–Trinajstić information content (AvgIpc) is 2.59. The molecule has 1 fully saturated rings. The molecule has 1 aliphatic rings. The van der Waals surface area contributed by atoms with Crippen molar-refractivity contribution >= 4 is 17.3 Å². The highest BCUT2D eigenvalue weighted by atomic mass is 35.5. The summed E-state index contributed by atoms with van der Waals surface area (Å²) in [6.07, 6.45) is -0.436. The van der Waals surface area contributed by atoms with Gasteiger partial charge in [0, 0.05) is 13.6 Å². The number of aromatic nitrogens is 2. The topological polar surface area (TPSA) is 38.1 Å². The number of hydrogen-bond acceptors (Lipinski definition) is 3. The Bertz CT molecular complexity index is 835. The van der Waals surface area contributed by atoms with E-state index in [2.05, 4.69) is 5.10 Å². The van der Waals surface area contributed by atoms with Crippen LogP contribution in [0.15, 0.2) is 35.3 Å². The lowest BCUT2D eigenvalue weighted by Crippen LogP contribution is -2.35. The first kappa shape index (κ1) is 17.8. The average molecular weight is 372 g/mol. The van der Waals surface area contributed by atoms with Gasteiger partial charge in [0.2, 0.25) is 0 Å². The summed E-state index contributed by atoms with van der Waals surface area (Å²) >= 11 is 6.19. The first-order valence-electron chi connectivity index (χ1n) is 7.94. The van der Waals surface area contributed by atoms with Gasteiger partial charge in [-0.15, -0.1) is 0 Å². The Kier molecular flexibility index (Phi) is 4.77. The summed E-state index contributed by atoms with van der Waals surface area (Å²) in [6, 6.07) is 5.05. The van der Waals surface area contributed by atoms with E-state index in [4.69, 9.17) is 11.6 Å². The second kappa shape index (κ2) is 6.71. The number of piperidine rings is 1. The summed E-state index contributed by atoms with van der Waals surface area (Å²) in [5, 5.41) is 4.04. The Balaban J connectivity index is 2.03. The highest BCUT2D eigenvalue weighted by Crippen LogP contribution is 2.38. The second-order valence-electron chi connectivity index (χ2n) is 6.10. The van der Waals surface area contributed by atoms with Gasteiger partial charge in [0.05, 0.1) is 23.5 Å². The van der Waals surface area contributed by atoms with Crippen molar-refractivity contribution in [1.29, 1.82) is 0 Å². The van der Waals surface area contributed by atoms with Crippen molar-refractivity contribution in [2.75, 3.05) is 11.4 Å². The number of alkyl halides is 3. The van der Waals surface area contributed by atoms with Crippen molar-refractivity contribution in [3.63, 3.8) is 0 Å². The molecule has 0 bridgehead atoms. The van der Waals surface area contributed by atoms with Crippen LogP contribution in [0.4, 0.5) is 18.9 Å². The van der Waals surface area contributed by atoms with Crippen molar-refractivity contribution < 1.29 is 13.2 Å². The van der Waals surface area contributed by atoms with Crippen LogP contribution in [0.2, 0.25) is 5.02 Å². The van der Waals surface area contributed by atoms with Gasteiger partial charge >= 0.3 is 6.18 Å². The summed E-state index contributed by atoms with van der Waals surface area (Å²) < 4.78 is 40.2. The molecule has 1 aromatic carbocycles.